The molecule has 2 N–H and O–H groups in total. The predicted molar refractivity (Wildman–Crippen MR) is 69.0 cm³/mol. The molecule has 0 fully saturated rings. The molecule has 0 aliphatic rings. The Bertz CT molecular complexity index is 448. The van der Waals surface area contributed by atoms with Crippen LogP contribution in [0.3, 0.4) is 0 Å². The molecular formula is C11H19N5O4. The first-order valence-corrected chi connectivity index (χ1v) is 6.19. The summed E-state index contributed by atoms with van der Waals surface area (Å²) in [5.74, 6) is -0.998. The molecule has 0 unspecified atom stereocenters. The van der Waals surface area contributed by atoms with E-state index in [-0.39, 0.29) is 19.1 Å². The van der Waals surface area contributed by atoms with Gasteiger partial charge in [-0.3, -0.25) is 4.79 Å². The van der Waals surface area contributed by atoms with Crippen molar-refractivity contribution in [1.82, 2.24) is 25.2 Å². The molecule has 112 valence electrons. The number of carboxylic acids is 1. The summed E-state index contributed by atoms with van der Waals surface area (Å²) in [6.07, 6.45) is 1.49. The Morgan fingerprint density at radius 1 is 1.55 bits per heavy atom. The number of ether oxygens (including phenoxy) is 1. The zero-order valence-corrected chi connectivity index (χ0v) is 11.6. The van der Waals surface area contributed by atoms with Crippen LogP contribution in [0.4, 0.5) is 4.79 Å². The highest BCUT2D eigenvalue weighted by Gasteiger charge is 2.11. The van der Waals surface area contributed by atoms with E-state index in [1.54, 1.807) is 12.0 Å². The van der Waals surface area contributed by atoms with Crippen LogP contribution in [0.1, 0.15) is 12.6 Å². The van der Waals surface area contributed by atoms with Crippen LogP contribution in [0, 0.1) is 0 Å². The molecule has 0 saturated heterocycles. The molecule has 1 aromatic rings. The third-order valence-corrected chi connectivity index (χ3v) is 2.54. The predicted octanol–water partition coefficient (Wildman–Crippen LogP) is -0.459. The summed E-state index contributed by atoms with van der Waals surface area (Å²) in [5, 5.41) is 18.7. The van der Waals surface area contributed by atoms with Gasteiger partial charge in [-0.15, -0.1) is 5.10 Å². The first-order valence-electron chi connectivity index (χ1n) is 6.19. The van der Waals surface area contributed by atoms with E-state index < -0.39 is 5.97 Å². The van der Waals surface area contributed by atoms with Crippen LogP contribution in [0.15, 0.2) is 6.20 Å². The molecule has 0 aromatic carbocycles. The standard InChI is InChI=1S/C11H19N5O4/c1-3-15(4-5-20-2)11(19)12-6-9-7-16(14-13-9)8-10(17)18/h7H,3-6,8H2,1-2H3,(H,12,19)(H,17,18). The summed E-state index contributed by atoms with van der Waals surface area (Å²) in [6, 6.07) is -0.225. The molecule has 0 aliphatic carbocycles. The van der Waals surface area contributed by atoms with Crippen LogP contribution in [-0.4, -0.2) is 63.8 Å². The average Bonchev–Trinajstić information content (AvgIpc) is 2.84. The van der Waals surface area contributed by atoms with Gasteiger partial charge >= 0.3 is 12.0 Å². The molecule has 9 heteroatoms. The van der Waals surface area contributed by atoms with Gasteiger partial charge in [-0.2, -0.15) is 0 Å². The van der Waals surface area contributed by atoms with Crippen LogP contribution in [0.2, 0.25) is 0 Å². The summed E-state index contributed by atoms with van der Waals surface area (Å²) in [7, 11) is 1.58. The molecule has 0 aliphatic heterocycles. The number of aliphatic carboxylic acids is 1. The Morgan fingerprint density at radius 2 is 2.30 bits per heavy atom. The van der Waals surface area contributed by atoms with Gasteiger partial charge in [0.1, 0.15) is 12.2 Å². The Kier molecular flexibility index (Phi) is 6.44. The number of nitrogens with one attached hydrogen (secondary N) is 1. The number of carbonyl (C=O) groups is 2. The lowest BCUT2D eigenvalue weighted by molar-refractivity contribution is -0.137. The van der Waals surface area contributed by atoms with Crippen LogP contribution in [0.25, 0.3) is 0 Å². The minimum atomic E-state index is -0.998. The maximum atomic E-state index is 11.8. The first kappa shape index (κ1) is 15.9. The molecule has 1 rings (SSSR count). The number of aromatic nitrogens is 3. The zero-order chi connectivity index (χ0) is 15.0. The monoisotopic (exact) mass is 285 g/mol. The molecule has 2 amide bonds. The van der Waals surface area contributed by atoms with Gasteiger partial charge < -0.3 is 20.1 Å². The number of likely N-dealkylation sites (N-methyl/N-ethyl adjacent to an activating group) is 1. The van der Waals surface area contributed by atoms with E-state index in [0.29, 0.717) is 25.4 Å². The lowest BCUT2D eigenvalue weighted by Crippen LogP contribution is -2.41. The van der Waals surface area contributed by atoms with E-state index in [1.807, 2.05) is 6.92 Å². The molecule has 1 aromatic heterocycles. The van der Waals surface area contributed by atoms with Crippen molar-refractivity contribution in [3.63, 3.8) is 0 Å². The fourth-order valence-electron chi connectivity index (χ4n) is 1.52. The summed E-state index contributed by atoms with van der Waals surface area (Å²) in [4.78, 5) is 23.9. The molecule has 0 atom stereocenters. The third kappa shape index (κ3) is 5.22. The van der Waals surface area contributed by atoms with Crippen LogP contribution in [0.5, 0.6) is 0 Å². The van der Waals surface area contributed by atoms with Gasteiger partial charge in [0.25, 0.3) is 0 Å². The van der Waals surface area contributed by atoms with E-state index >= 15 is 0 Å². The molecule has 0 radical (unpaired) electrons. The van der Waals surface area contributed by atoms with Crippen LogP contribution < -0.4 is 5.32 Å². The highest BCUT2D eigenvalue weighted by Crippen LogP contribution is 1.95. The molecule has 20 heavy (non-hydrogen) atoms. The lowest BCUT2D eigenvalue weighted by Gasteiger charge is -2.20. The van der Waals surface area contributed by atoms with E-state index in [0.717, 1.165) is 0 Å². The summed E-state index contributed by atoms with van der Waals surface area (Å²) in [5.41, 5.74) is 0.502. The maximum absolute atomic E-state index is 11.8. The molecule has 9 nitrogen and oxygen atoms in total. The Hall–Kier alpha value is -2.16. The van der Waals surface area contributed by atoms with E-state index in [2.05, 4.69) is 15.6 Å². The number of amides is 2. The highest BCUT2D eigenvalue weighted by atomic mass is 16.5. The van der Waals surface area contributed by atoms with E-state index in [9.17, 15) is 9.59 Å². The van der Waals surface area contributed by atoms with Crippen molar-refractivity contribution in [2.45, 2.75) is 20.0 Å². The summed E-state index contributed by atoms with van der Waals surface area (Å²) in [6.45, 7) is 3.36. The summed E-state index contributed by atoms with van der Waals surface area (Å²) < 4.78 is 6.13. The number of methoxy groups -OCH3 is 1. The van der Waals surface area contributed by atoms with Crippen molar-refractivity contribution >= 4 is 12.0 Å². The summed E-state index contributed by atoms with van der Waals surface area (Å²) >= 11 is 0. The molecule has 0 spiro atoms. The van der Waals surface area contributed by atoms with E-state index in [4.69, 9.17) is 9.84 Å². The van der Waals surface area contributed by atoms with Gasteiger partial charge in [0.2, 0.25) is 0 Å². The number of carbonyl (C=O) groups excluding carboxylic acids is 1. The second-order valence-electron chi connectivity index (χ2n) is 4.03. The third-order valence-electron chi connectivity index (χ3n) is 2.54. The number of nitrogens with zero attached hydrogens (tertiary/aromatic N) is 4. The molecule has 1 heterocycles. The molecular weight excluding hydrogens is 266 g/mol. The molecule has 0 bridgehead atoms. The Morgan fingerprint density at radius 3 is 2.90 bits per heavy atom. The van der Waals surface area contributed by atoms with Gasteiger partial charge in [-0.05, 0) is 6.92 Å². The zero-order valence-electron chi connectivity index (χ0n) is 11.6. The molecule has 0 saturated carbocycles. The smallest absolute Gasteiger partial charge is 0.325 e. The Balaban J connectivity index is 2.43. The van der Waals surface area contributed by atoms with Gasteiger partial charge in [0.15, 0.2) is 0 Å². The highest BCUT2D eigenvalue weighted by molar-refractivity contribution is 5.74. The number of carboxylic acid groups (broad SMARTS) is 1. The fraction of sp³-hybridized carbons (Fsp3) is 0.636. The minimum absolute atomic E-state index is 0.196. The van der Waals surface area contributed by atoms with Crippen molar-refractivity contribution in [3.8, 4) is 0 Å². The quantitative estimate of drug-likeness (QED) is 0.669. The van der Waals surface area contributed by atoms with Crippen molar-refractivity contribution in [2.75, 3.05) is 26.8 Å². The normalized spacial score (nSPS) is 10.3. The largest absolute Gasteiger partial charge is 0.480 e. The lowest BCUT2D eigenvalue weighted by atomic mass is 10.4. The van der Waals surface area contributed by atoms with Crippen molar-refractivity contribution in [2.24, 2.45) is 0 Å². The van der Waals surface area contributed by atoms with Crippen LogP contribution >= 0.6 is 0 Å². The SMILES string of the molecule is CCN(CCOC)C(=O)NCc1cn(CC(=O)O)nn1. The number of urea groups is 1. The minimum Gasteiger partial charge on any atom is -0.480 e. The second-order valence-corrected chi connectivity index (χ2v) is 4.03. The van der Waals surface area contributed by atoms with Gasteiger partial charge in [-0.25, -0.2) is 9.48 Å². The second kappa shape index (κ2) is 8.10. The Labute approximate surface area is 116 Å². The van der Waals surface area contributed by atoms with Crippen molar-refractivity contribution in [3.05, 3.63) is 11.9 Å². The van der Waals surface area contributed by atoms with E-state index in [1.165, 1.54) is 10.9 Å². The number of hydrogen-bond acceptors (Lipinski definition) is 5. The van der Waals surface area contributed by atoms with Gasteiger partial charge in [0, 0.05) is 20.2 Å². The van der Waals surface area contributed by atoms with Gasteiger partial charge in [0.05, 0.1) is 19.3 Å². The van der Waals surface area contributed by atoms with Crippen LogP contribution in [-0.2, 0) is 22.6 Å². The number of hydrogen-bond donors (Lipinski definition) is 2. The topological polar surface area (TPSA) is 110 Å². The average molecular weight is 285 g/mol. The fourth-order valence-corrected chi connectivity index (χ4v) is 1.52. The van der Waals surface area contributed by atoms with Gasteiger partial charge in [-0.1, -0.05) is 5.21 Å². The van der Waals surface area contributed by atoms with Crippen molar-refractivity contribution < 1.29 is 19.4 Å². The maximum Gasteiger partial charge on any atom is 0.325 e. The van der Waals surface area contributed by atoms with Crippen molar-refractivity contribution in [1.29, 1.82) is 0 Å². The number of rotatable bonds is 8. The first-order chi connectivity index (χ1) is 9.56.